The fraction of sp³-hybridized carbons (Fsp3) is 0.536. The molecule has 0 bridgehead atoms. The van der Waals surface area contributed by atoms with Crippen molar-refractivity contribution < 1.29 is 18.7 Å². The van der Waals surface area contributed by atoms with Gasteiger partial charge in [-0.15, -0.1) is 0 Å². The summed E-state index contributed by atoms with van der Waals surface area (Å²) < 4.78 is 24.8. The first-order valence-corrected chi connectivity index (χ1v) is 13.5. The van der Waals surface area contributed by atoms with Crippen LogP contribution < -0.4 is 10.1 Å². The van der Waals surface area contributed by atoms with E-state index in [2.05, 4.69) is 32.1 Å². The second-order valence-corrected chi connectivity index (χ2v) is 10.2. The van der Waals surface area contributed by atoms with E-state index in [4.69, 9.17) is 28.7 Å². The Morgan fingerprint density at radius 2 is 1.84 bits per heavy atom. The molecule has 0 unspecified atom stereocenters. The van der Waals surface area contributed by atoms with E-state index in [1.54, 1.807) is 7.11 Å². The van der Waals surface area contributed by atoms with Crippen LogP contribution in [0.1, 0.15) is 24.3 Å². The molecule has 0 saturated carbocycles. The lowest BCUT2D eigenvalue weighted by Gasteiger charge is -2.27. The third kappa shape index (κ3) is 4.83. The monoisotopic (exact) mass is 520 g/mol. The van der Waals surface area contributed by atoms with E-state index in [-0.39, 0.29) is 0 Å². The van der Waals surface area contributed by atoms with Gasteiger partial charge in [0.2, 0.25) is 5.95 Å². The van der Waals surface area contributed by atoms with Gasteiger partial charge in [0.1, 0.15) is 17.0 Å². The lowest BCUT2D eigenvalue weighted by Crippen LogP contribution is -2.39. The van der Waals surface area contributed by atoms with Crippen LogP contribution in [0.3, 0.4) is 0 Å². The van der Waals surface area contributed by atoms with Crippen molar-refractivity contribution in [3.63, 3.8) is 0 Å². The molecule has 5 heterocycles. The van der Waals surface area contributed by atoms with Crippen LogP contribution in [0.25, 0.3) is 33.1 Å². The largest absolute Gasteiger partial charge is 0.496 e. The van der Waals surface area contributed by atoms with Crippen molar-refractivity contribution in [2.24, 2.45) is 5.92 Å². The van der Waals surface area contributed by atoms with Gasteiger partial charge >= 0.3 is 0 Å². The van der Waals surface area contributed by atoms with Gasteiger partial charge in [-0.2, -0.15) is 0 Å². The zero-order valence-electron chi connectivity index (χ0n) is 22.5. The minimum absolute atomic E-state index is 0.535. The summed E-state index contributed by atoms with van der Waals surface area (Å²) in [5.74, 6) is 2.95. The third-order valence-electron chi connectivity index (χ3n) is 7.79. The van der Waals surface area contributed by atoms with Crippen molar-refractivity contribution in [3.05, 3.63) is 29.8 Å². The second kappa shape index (κ2) is 10.9. The van der Waals surface area contributed by atoms with Gasteiger partial charge in [-0.05, 0) is 44.7 Å². The summed E-state index contributed by atoms with van der Waals surface area (Å²) in [6.07, 6.45) is 3.99. The fourth-order valence-electron chi connectivity index (χ4n) is 5.72. The van der Waals surface area contributed by atoms with Crippen LogP contribution in [0.5, 0.6) is 5.75 Å². The molecule has 0 radical (unpaired) electrons. The zero-order valence-corrected chi connectivity index (χ0v) is 22.5. The topological polar surface area (TPSA) is 99.7 Å². The zero-order chi connectivity index (χ0) is 26.1. The Labute approximate surface area is 222 Å². The second-order valence-electron chi connectivity index (χ2n) is 10.2. The van der Waals surface area contributed by atoms with E-state index in [0.717, 1.165) is 128 Å². The van der Waals surface area contributed by atoms with Gasteiger partial charge in [0, 0.05) is 56.9 Å². The number of benzene rings is 1. The molecule has 2 aliphatic heterocycles. The van der Waals surface area contributed by atoms with Crippen molar-refractivity contribution in [1.82, 2.24) is 24.6 Å². The maximum atomic E-state index is 5.89. The molecule has 0 aliphatic carbocycles. The number of nitrogens with one attached hydrogen (secondary N) is 1. The molecule has 0 spiro atoms. The molecule has 10 heteroatoms. The van der Waals surface area contributed by atoms with E-state index in [1.807, 2.05) is 20.0 Å². The smallest absolute Gasteiger partial charge is 0.204 e. The average Bonchev–Trinajstić information content (AvgIpc) is 3.47. The molecule has 3 aromatic heterocycles. The van der Waals surface area contributed by atoms with Crippen molar-refractivity contribution in [3.8, 4) is 16.9 Å². The summed E-state index contributed by atoms with van der Waals surface area (Å²) >= 11 is 0. The highest BCUT2D eigenvalue weighted by molar-refractivity contribution is 6.05. The highest BCUT2D eigenvalue weighted by Crippen LogP contribution is 2.39. The maximum Gasteiger partial charge on any atom is 0.204 e. The molecule has 202 valence electrons. The quantitative estimate of drug-likeness (QED) is 0.369. The Kier molecular flexibility index (Phi) is 7.18. The van der Waals surface area contributed by atoms with Gasteiger partial charge < -0.3 is 28.6 Å². The van der Waals surface area contributed by atoms with Crippen LogP contribution in [0.4, 0.5) is 5.95 Å². The van der Waals surface area contributed by atoms with Crippen molar-refractivity contribution in [2.45, 2.75) is 33.2 Å². The minimum atomic E-state index is 0.535. The van der Waals surface area contributed by atoms with Crippen LogP contribution in [0, 0.1) is 19.8 Å². The number of aromatic nitrogens is 4. The Morgan fingerprint density at radius 3 is 2.58 bits per heavy atom. The molecule has 4 aromatic rings. The Morgan fingerprint density at radius 1 is 1.05 bits per heavy atom. The Hall–Kier alpha value is -3.21. The SMILES string of the molecule is COc1cc2c(cc1-c1c(C)noc1C)ncc1nc(NCCN3CCOCC3)n(CC3CCOCC3)c12. The molecule has 2 fully saturated rings. The van der Waals surface area contributed by atoms with Gasteiger partial charge in [-0.3, -0.25) is 9.88 Å². The van der Waals surface area contributed by atoms with E-state index < -0.39 is 0 Å². The number of fused-ring (bicyclic) bond motifs is 3. The predicted molar refractivity (Wildman–Crippen MR) is 146 cm³/mol. The molecule has 6 rings (SSSR count). The summed E-state index contributed by atoms with van der Waals surface area (Å²) in [6, 6.07) is 4.17. The highest BCUT2D eigenvalue weighted by atomic mass is 16.5. The number of hydrogen-bond donors (Lipinski definition) is 1. The molecule has 0 amide bonds. The van der Waals surface area contributed by atoms with Gasteiger partial charge in [0.15, 0.2) is 0 Å². The summed E-state index contributed by atoms with van der Waals surface area (Å²) in [4.78, 5) is 12.3. The molecule has 38 heavy (non-hydrogen) atoms. The fourth-order valence-corrected chi connectivity index (χ4v) is 5.72. The standard InChI is InChI=1S/C28H36N6O4/c1-18-26(19(2)38-32-18)22-14-23-21(15-25(22)35-3)27-24(16-30-23)31-28(29-6-7-33-8-12-37-13-9-33)34(27)17-20-4-10-36-11-5-20/h14-16,20H,4-13,17H2,1-3H3,(H,29,31). The van der Waals surface area contributed by atoms with Crippen molar-refractivity contribution >= 4 is 27.9 Å². The molecular weight excluding hydrogens is 484 g/mol. The van der Waals surface area contributed by atoms with Gasteiger partial charge in [-0.25, -0.2) is 4.98 Å². The van der Waals surface area contributed by atoms with Crippen LogP contribution in [0.15, 0.2) is 22.9 Å². The van der Waals surface area contributed by atoms with E-state index in [0.29, 0.717) is 5.92 Å². The molecule has 1 aromatic carbocycles. The number of rotatable bonds is 8. The van der Waals surface area contributed by atoms with E-state index in [9.17, 15) is 0 Å². The number of ether oxygens (including phenoxy) is 3. The molecular formula is C28H36N6O4. The maximum absolute atomic E-state index is 5.89. The number of morpholine rings is 1. The minimum Gasteiger partial charge on any atom is -0.496 e. The average molecular weight is 521 g/mol. The summed E-state index contributed by atoms with van der Waals surface area (Å²) in [5, 5.41) is 8.81. The van der Waals surface area contributed by atoms with Crippen LogP contribution in [-0.2, 0) is 16.0 Å². The first-order chi connectivity index (χ1) is 18.6. The molecule has 0 atom stereocenters. The predicted octanol–water partition coefficient (Wildman–Crippen LogP) is 4.04. The third-order valence-corrected chi connectivity index (χ3v) is 7.79. The number of pyridine rings is 1. The van der Waals surface area contributed by atoms with Gasteiger partial charge in [0.25, 0.3) is 0 Å². The van der Waals surface area contributed by atoms with Crippen molar-refractivity contribution in [2.75, 3.05) is 65.0 Å². The Balaban J connectivity index is 1.42. The number of methoxy groups -OCH3 is 1. The van der Waals surface area contributed by atoms with Crippen LogP contribution >= 0.6 is 0 Å². The van der Waals surface area contributed by atoms with E-state index >= 15 is 0 Å². The van der Waals surface area contributed by atoms with Gasteiger partial charge in [-0.1, -0.05) is 5.16 Å². The summed E-state index contributed by atoms with van der Waals surface area (Å²) in [5.41, 5.74) is 5.57. The molecule has 10 nitrogen and oxygen atoms in total. The highest BCUT2D eigenvalue weighted by Gasteiger charge is 2.23. The Bertz CT molecular complexity index is 1400. The normalized spacial score (nSPS) is 17.4. The summed E-state index contributed by atoms with van der Waals surface area (Å²) in [7, 11) is 1.70. The number of nitrogens with zero attached hydrogens (tertiary/aromatic N) is 5. The number of aryl methyl sites for hydroxylation is 2. The lowest BCUT2D eigenvalue weighted by atomic mass is 9.99. The van der Waals surface area contributed by atoms with E-state index in [1.165, 1.54) is 0 Å². The van der Waals surface area contributed by atoms with Crippen molar-refractivity contribution in [1.29, 1.82) is 0 Å². The van der Waals surface area contributed by atoms with Crippen LogP contribution in [0.2, 0.25) is 0 Å². The number of imidazole rings is 1. The van der Waals surface area contributed by atoms with Gasteiger partial charge in [0.05, 0.1) is 48.8 Å². The van der Waals surface area contributed by atoms with Crippen LogP contribution in [-0.4, -0.2) is 84.3 Å². The molecule has 2 saturated heterocycles. The first kappa shape index (κ1) is 25.1. The lowest BCUT2D eigenvalue weighted by molar-refractivity contribution is 0.0398. The molecule has 2 aliphatic rings. The first-order valence-electron chi connectivity index (χ1n) is 13.5. The number of hydrogen-bond acceptors (Lipinski definition) is 9. The molecule has 1 N–H and O–H groups in total. The summed E-state index contributed by atoms with van der Waals surface area (Å²) in [6.45, 7) is 11.7. The number of anilines is 1.